The standard InChI is InChI=1S/C33H32N2O3/c1-7-33(4,5)32-27(21-13-9-11-15-25(21)35-32)28-29(36)22(17-16-19(2)3)26(30(37)31(28)38-6)23-18-34-24-14-10-8-12-20(23)24/h7-16,18,34-35H,1,17H2,2-6H3. The molecule has 38 heavy (non-hydrogen) atoms. The molecule has 0 amide bonds. The molecule has 2 N–H and O–H groups in total. The zero-order valence-electron chi connectivity index (χ0n) is 22.5. The number of carbonyl (C=O) groups is 2. The van der Waals surface area contributed by atoms with Crippen molar-refractivity contribution in [1.82, 2.24) is 9.97 Å². The van der Waals surface area contributed by atoms with Crippen LogP contribution in [-0.2, 0) is 19.7 Å². The second kappa shape index (κ2) is 9.49. The van der Waals surface area contributed by atoms with Crippen molar-refractivity contribution in [3.63, 3.8) is 0 Å². The van der Waals surface area contributed by atoms with Crippen LogP contribution in [0.15, 0.2) is 90.4 Å². The maximum atomic E-state index is 14.6. The fourth-order valence-corrected chi connectivity index (χ4v) is 5.20. The van der Waals surface area contributed by atoms with Gasteiger partial charge in [-0.1, -0.05) is 68.0 Å². The summed E-state index contributed by atoms with van der Waals surface area (Å²) >= 11 is 0. The minimum Gasteiger partial charge on any atom is -0.492 e. The molecule has 0 bridgehead atoms. The Bertz CT molecular complexity index is 1720. The van der Waals surface area contributed by atoms with E-state index < -0.39 is 5.41 Å². The monoisotopic (exact) mass is 504 g/mol. The Kier molecular flexibility index (Phi) is 6.31. The lowest BCUT2D eigenvalue weighted by Gasteiger charge is -2.26. The van der Waals surface area contributed by atoms with Crippen molar-refractivity contribution >= 4 is 44.5 Å². The average molecular weight is 505 g/mol. The zero-order chi connectivity index (χ0) is 27.2. The van der Waals surface area contributed by atoms with E-state index in [1.54, 1.807) is 0 Å². The van der Waals surface area contributed by atoms with Gasteiger partial charge < -0.3 is 14.7 Å². The number of allylic oxidation sites excluding steroid dienone is 6. The number of methoxy groups -OCH3 is 1. The molecule has 0 aliphatic heterocycles. The summed E-state index contributed by atoms with van der Waals surface area (Å²) < 4.78 is 5.78. The molecule has 0 saturated heterocycles. The van der Waals surface area contributed by atoms with E-state index in [4.69, 9.17) is 4.74 Å². The van der Waals surface area contributed by atoms with E-state index in [1.807, 2.05) is 94.6 Å². The Morgan fingerprint density at radius 3 is 2.26 bits per heavy atom. The van der Waals surface area contributed by atoms with Crippen molar-refractivity contribution in [2.24, 2.45) is 0 Å². The highest BCUT2D eigenvalue weighted by atomic mass is 16.5. The lowest BCUT2D eigenvalue weighted by atomic mass is 9.77. The van der Waals surface area contributed by atoms with E-state index in [9.17, 15) is 9.59 Å². The minimum atomic E-state index is -0.496. The molecule has 5 heteroatoms. The van der Waals surface area contributed by atoms with Gasteiger partial charge in [-0.25, -0.2) is 0 Å². The zero-order valence-corrected chi connectivity index (χ0v) is 22.5. The molecule has 0 radical (unpaired) electrons. The SMILES string of the molecule is C=CC(C)(C)c1[nH]c2ccccc2c1C1=C(OC)C(=O)C(c2c[nH]c3ccccc23)=C(CC=C(C)C)C1=O. The highest BCUT2D eigenvalue weighted by Crippen LogP contribution is 2.44. The molecule has 2 aromatic heterocycles. The van der Waals surface area contributed by atoms with E-state index in [0.717, 1.165) is 33.1 Å². The number of fused-ring (bicyclic) bond motifs is 2. The van der Waals surface area contributed by atoms with Crippen LogP contribution in [0, 0.1) is 0 Å². The van der Waals surface area contributed by atoms with Crippen LogP contribution in [0.25, 0.3) is 33.0 Å². The summed E-state index contributed by atoms with van der Waals surface area (Å²) in [6.45, 7) is 12.1. The van der Waals surface area contributed by atoms with Crippen LogP contribution in [0.3, 0.4) is 0 Å². The number of rotatable bonds is 7. The van der Waals surface area contributed by atoms with Crippen LogP contribution in [0.1, 0.15) is 50.9 Å². The molecule has 5 rings (SSSR count). The molecule has 2 heterocycles. The first-order valence-electron chi connectivity index (χ1n) is 12.8. The molecular weight excluding hydrogens is 472 g/mol. The predicted octanol–water partition coefficient (Wildman–Crippen LogP) is 7.43. The summed E-state index contributed by atoms with van der Waals surface area (Å²) in [5, 5.41) is 1.75. The van der Waals surface area contributed by atoms with Crippen molar-refractivity contribution in [3.05, 3.63) is 107 Å². The molecule has 4 aromatic rings. The number of ether oxygens (including phenoxy) is 1. The van der Waals surface area contributed by atoms with Crippen LogP contribution < -0.4 is 0 Å². The van der Waals surface area contributed by atoms with Gasteiger partial charge in [0.2, 0.25) is 5.78 Å². The number of H-pyrrole nitrogens is 2. The van der Waals surface area contributed by atoms with Crippen LogP contribution in [0.2, 0.25) is 0 Å². The Hall–Kier alpha value is -4.38. The van der Waals surface area contributed by atoms with Gasteiger partial charge >= 0.3 is 0 Å². The molecular formula is C33H32N2O3. The van der Waals surface area contributed by atoms with Crippen molar-refractivity contribution < 1.29 is 14.3 Å². The Balaban J connectivity index is 1.84. The van der Waals surface area contributed by atoms with Gasteiger partial charge in [0.1, 0.15) is 0 Å². The summed E-state index contributed by atoms with van der Waals surface area (Å²) in [6.07, 6.45) is 5.99. The number of hydrogen-bond donors (Lipinski definition) is 2. The number of benzene rings is 2. The molecule has 0 saturated carbocycles. The third-order valence-corrected chi connectivity index (χ3v) is 7.35. The van der Waals surface area contributed by atoms with Gasteiger partial charge in [-0.2, -0.15) is 0 Å². The van der Waals surface area contributed by atoms with E-state index in [2.05, 4.69) is 16.5 Å². The summed E-state index contributed by atoms with van der Waals surface area (Å²) in [5.41, 5.74) is 5.70. The molecule has 1 aliphatic carbocycles. The normalized spacial score (nSPS) is 14.6. The number of para-hydroxylation sites is 2. The average Bonchev–Trinajstić information content (AvgIpc) is 3.51. The number of Topliss-reactive ketones (excluding diaryl/α,β-unsaturated/α-hetero) is 2. The summed E-state index contributed by atoms with van der Waals surface area (Å²) in [4.78, 5) is 35.6. The first-order valence-corrected chi connectivity index (χ1v) is 12.8. The maximum Gasteiger partial charge on any atom is 0.229 e. The fourth-order valence-electron chi connectivity index (χ4n) is 5.20. The van der Waals surface area contributed by atoms with Crippen molar-refractivity contribution in [2.75, 3.05) is 7.11 Å². The first kappa shape index (κ1) is 25.3. The molecule has 0 atom stereocenters. The lowest BCUT2D eigenvalue weighted by molar-refractivity contribution is -0.115. The van der Waals surface area contributed by atoms with Crippen LogP contribution in [0.4, 0.5) is 0 Å². The van der Waals surface area contributed by atoms with Crippen molar-refractivity contribution in [1.29, 1.82) is 0 Å². The van der Waals surface area contributed by atoms with E-state index >= 15 is 0 Å². The van der Waals surface area contributed by atoms with Crippen LogP contribution >= 0.6 is 0 Å². The second-order valence-electron chi connectivity index (χ2n) is 10.5. The number of nitrogens with one attached hydrogen (secondary N) is 2. The van der Waals surface area contributed by atoms with Crippen molar-refractivity contribution in [3.8, 4) is 0 Å². The van der Waals surface area contributed by atoms with E-state index in [-0.39, 0.29) is 17.3 Å². The second-order valence-corrected chi connectivity index (χ2v) is 10.5. The van der Waals surface area contributed by atoms with Crippen LogP contribution in [0.5, 0.6) is 0 Å². The van der Waals surface area contributed by atoms with Gasteiger partial charge in [0.25, 0.3) is 0 Å². The van der Waals surface area contributed by atoms with Gasteiger partial charge in [0, 0.05) is 61.4 Å². The lowest BCUT2D eigenvalue weighted by Crippen LogP contribution is -2.25. The molecule has 0 spiro atoms. The van der Waals surface area contributed by atoms with Gasteiger partial charge in [-0.3, -0.25) is 9.59 Å². The molecule has 2 aromatic carbocycles. The summed E-state index contributed by atoms with van der Waals surface area (Å²) in [5.74, 6) is -0.441. The molecule has 5 nitrogen and oxygen atoms in total. The predicted molar refractivity (Wildman–Crippen MR) is 155 cm³/mol. The number of hydrogen-bond acceptors (Lipinski definition) is 3. The van der Waals surface area contributed by atoms with Gasteiger partial charge in [0.15, 0.2) is 11.5 Å². The van der Waals surface area contributed by atoms with Gasteiger partial charge in [-0.05, 0) is 32.4 Å². The Morgan fingerprint density at radius 1 is 0.947 bits per heavy atom. The van der Waals surface area contributed by atoms with E-state index in [1.165, 1.54) is 7.11 Å². The minimum absolute atomic E-state index is 0.0575. The van der Waals surface area contributed by atoms with E-state index in [0.29, 0.717) is 34.3 Å². The van der Waals surface area contributed by atoms with Crippen molar-refractivity contribution in [2.45, 2.75) is 39.5 Å². The summed E-state index contributed by atoms with van der Waals surface area (Å²) in [7, 11) is 1.46. The largest absolute Gasteiger partial charge is 0.492 e. The molecule has 192 valence electrons. The number of carbonyl (C=O) groups excluding carboxylic acids is 2. The highest BCUT2D eigenvalue weighted by Gasteiger charge is 2.40. The number of aromatic amines is 2. The Morgan fingerprint density at radius 2 is 1.61 bits per heavy atom. The first-order chi connectivity index (χ1) is 18.2. The molecule has 0 fully saturated rings. The highest BCUT2D eigenvalue weighted by molar-refractivity contribution is 6.49. The quantitative estimate of drug-likeness (QED) is 0.203. The summed E-state index contributed by atoms with van der Waals surface area (Å²) in [6, 6.07) is 15.6. The molecule has 0 unspecified atom stereocenters. The molecule has 1 aliphatic rings. The van der Waals surface area contributed by atoms with Crippen LogP contribution in [-0.4, -0.2) is 28.6 Å². The van der Waals surface area contributed by atoms with Gasteiger partial charge in [-0.15, -0.1) is 6.58 Å². The smallest absolute Gasteiger partial charge is 0.229 e. The topological polar surface area (TPSA) is 75.0 Å². The number of ketones is 2. The number of aromatic nitrogens is 2. The fraction of sp³-hybridized carbons (Fsp3) is 0.212. The van der Waals surface area contributed by atoms with Gasteiger partial charge in [0.05, 0.1) is 12.7 Å². The third kappa shape index (κ3) is 3.95. The maximum absolute atomic E-state index is 14.6. The Labute approximate surface area is 222 Å². The third-order valence-electron chi connectivity index (χ3n) is 7.35.